The summed E-state index contributed by atoms with van der Waals surface area (Å²) < 4.78 is 0. The zero-order valence-electron chi connectivity index (χ0n) is 16.4. The lowest BCUT2D eigenvalue weighted by molar-refractivity contribution is 0.474. The summed E-state index contributed by atoms with van der Waals surface area (Å²) in [5.74, 6) is 0.265. The maximum atomic E-state index is 9.71. The minimum Gasteiger partial charge on any atom is -0.507 e. The number of phenolic OH excluding ortho intramolecular Hbond substituents is 2. The number of rotatable bonds is 6. The molecule has 0 aliphatic heterocycles. The minimum atomic E-state index is 0.133. The van der Waals surface area contributed by atoms with Gasteiger partial charge in [0.1, 0.15) is 11.5 Å². The van der Waals surface area contributed by atoms with Gasteiger partial charge in [-0.15, -0.1) is 20.4 Å². The molecule has 0 unspecified atom stereocenters. The van der Waals surface area contributed by atoms with Crippen LogP contribution in [0.15, 0.2) is 58.7 Å². The molecule has 30 heavy (non-hydrogen) atoms. The summed E-state index contributed by atoms with van der Waals surface area (Å²) in [6, 6.07) is 13.7. The van der Waals surface area contributed by atoms with Crippen LogP contribution in [0.25, 0.3) is 11.4 Å². The molecule has 0 aliphatic rings. The van der Waals surface area contributed by atoms with Crippen LogP contribution in [0.2, 0.25) is 0 Å². The third-order valence-electron chi connectivity index (χ3n) is 3.89. The summed E-state index contributed by atoms with van der Waals surface area (Å²) in [6.07, 6.45) is 2.97. The van der Waals surface area contributed by atoms with Crippen LogP contribution < -0.4 is 21.8 Å². The van der Waals surface area contributed by atoms with Crippen molar-refractivity contribution in [3.8, 4) is 11.5 Å². The van der Waals surface area contributed by atoms with Crippen molar-refractivity contribution in [3.63, 3.8) is 0 Å². The molecule has 0 radical (unpaired) electrons. The van der Waals surface area contributed by atoms with Crippen molar-refractivity contribution in [1.82, 2.24) is 31.2 Å². The molecule has 0 bridgehead atoms. The van der Waals surface area contributed by atoms with Crippen LogP contribution in [0.1, 0.15) is 25.0 Å². The maximum Gasteiger partial charge on any atom is 0.216 e. The van der Waals surface area contributed by atoms with Gasteiger partial charge in [0.2, 0.25) is 11.0 Å². The lowest BCUT2D eigenvalue weighted by Gasteiger charge is -2.00. The second-order valence-electron chi connectivity index (χ2n) is 6.15. The van der Waals surface area contributed by atoms with Crippen LogP contribution in [0.5, 0.6) is 11.5 Å². The Morgan fingerprint density at radius 3 is 1.43 bits per heavy atom. The number of hydrogen-bond acceptors (Lipinski definition) is 10. The standard InChI is InChI=1S/C20H20N8O2/c1-13(23-21-11-15-7-3-5-9-17(15)29)19-25-27-20(28-26-19)14(2)24-22-12-16-8-4-6-10-18(16)30/h3-12,23-24,29-30H,1-2H3/b19-13?,20-14?,21-11+,22-12+. The first-order valence-corrected chi connectivity index (χ1v) is 8.94. The number of phenols is 2. The Morgan fingerprint density at radius 2 is 1.07 bits per heavy atom. The van der Waals surface area contributed by atoms with Crippen LogP contribution in [0.4, 0.5) is 0 Å². The lowest BCUT2D eigenvalue weighted by atomic mass is 10.2. The molecule has 0 aliphatic carbocycles. The highest BCUT2D eigenvalue weighted by atomic mass is 16.3. The molecule has 0 amide bonds. The van der Waals surface area contributed by atoms with E-state index < -0.39 is 0 Å². The Balaban J connectivity index is 1.69. The highest BCUT2D eigenvalue weighted by molar-refractivity contribution is 5.83. The first-order chi connectivity index (χ1) is 14.5. The number of aromatic nitrogens is 4. The summed E-state index contributed by atoms with van der Waals surface area (Å²) >= 11 is 0. The average Bonchev–Trinajstić information content (AvgIpc) is 2.76. The van der Waals surface area contributed by atoms with E-state index in [2.05, 4.69) is 41.4 Å². The third-order valence-corrected chi connectivity index (χ3v) is 3.89. The SMILES string of the molecule is CC(N/N=C/c1ccccc1O)=c1nnc(=C(C)N/N=C/c2ccccc2O)nn1. The molecular formula is C20H20N8O2. The molecule has 0 saturated carbocycles. The van der Waals surface area contributed by atoms with Gasteiger partial charge >= 0.3 is 0 Å². The molecule has 3 aromatic rings. The molecule has 152 valence electrons. The zero-order valence-corrected chi connectivity index (χ0v) is 16.4. The highest BCUT2D eigenvalue weighted by Gasteiger charge is 1.99. The van der Waals surface area contributed by atoms with Crippen molar-refractivity contribution in [3.05, 3.63) is 70.6 Å². The molecule has 0 spiro atoms. The van der Waals surface area contributed by atoms with Crippen molar-refractivity contribution in [2.75, 3.05) is 0 Å². The first kappa shape index (κ1) is 20.4. The molecule has 0 fully saturated rings. The van der Waals surface area contributed by atoms with Crippen molar-refractivity contribution < 1.29 is 10.2 Å². The number of nitrogens with one attached hydrogen (secondary N) is 2. The fourth-order valence-corrected chi connectivity index (χ4v) is 2.22. The summed E-state index contributed by atoms with van der Waals surface area (Å²) in [7, 11) is 0. The summed E-state index contributed by atoms with van der Waals surface area (Å²) in [4.78, 5) is 0. The molecule has 2 aromatic carbocycles. The fourth-order valence-electron chi connectivity index (χ4n) is 2.22. The van der Waals surface area contributed by atoms with Gasteiger partial charge in [-0.25, -0.2) is 0 Å². The second-order valence-corrected chi connectivity index (χ2v) is 6.15. The first-order valence-electron chi connectivity index (χ1n) is 8.94. The quantitative estimate of drug-likeness (QED) is 0.337. The van der Waals surface area contributed by atoms with Crippen molar-refractivity contribution in [1.29, 1.82) is 0 Å². The van der Waals surface area contributed by atoms with Gasteiger partial charge in [-0.2, -0.15) is 10.2 Å². The number of nitrogens with zero attached hydrogens (tertiary/aromatic N) is 6. The van der Waals surface area contributed by atoms with E-state index in [-0.39, 0.29) is 22.5 Å². The predicted octanol–water partition coefficient (Wildman–Crippen LogP) is 0.181. The van der Waals surface area contributed by atoms with Crippen LogP contribution in [0.3, 0.4) is 0 Å². The van der Waals surface area contributed by atoms with Gasteiger partial charge in [0.25, 0.3) is 0 Å². The molecule has 0 atom stereocenters. The molecule has 4 N–H and O–H groups in total. The molecule has 10 nitrogen and oxygen atoms in total. The number of benzene rings is 2. The molecule has 3 rings (SSSR count). The molecule has 10 heteroatoms. The Labute approximate surface area is 172 Å². The zero-order chi connectivity index (χ0) is 21.3. The van der Waals surface area contributed by atoms with Crippen molar-refractivity contribution >= 4 is 23.8 Å². The van der Waals surface area contributed by atoms with Gasteiger partial charge in [0.15, 0.2) is 0 Å². The number of hydrazone groups is 2. The molecule has 1 aromatic heterocycles. The predicted molar refractivity (Wildman–Crippen MR) is 113 cm³/mol. The molecular weight excluding hydrogens is 384 g/mol. The Morgan fingerprint density at radius 1 is 0.700 bits per heavy atom. The summed E-state index contributed by atoms with van der Waals surface area (Å²) in [5, 5.41) is 43.6. The summed E-state index contributed by atoms with van der Waals surface area (Å²) in [5.41, 5.74) is 8.34. The van der Waals surface area contributed by atoms with E-state index in [1.54, 1.807) is 62.4 Å². The Kier molecular flexibility index (Phi) is 6.62. The number of aromatic hydroxyl groups is 2. The Bertz CT molecular complexity index is 1090. The van der Waals surface area contributed by atoms with E-state index in [9.17, 15) is 10.2 Å². The van der Waals surface area contributed by atoms with Gasteiger partial charge in [0, 0.05) is 11.1 Å². The van der Waals surface area contributed by atoms with E-state index in [1.165, 1.54) is 12.4 Å². The maximum absolute atomic E-state index is 9.71. The number of para-hydroxylation sites is 2. The van der Waals surface area contributed by atoms with Gasteiger partial charge < -0.3 is 10.2 Å². The number of hydrogen-bond donors (Lipinski definition) is 4. The van der Waals surface area contributed by atoms with Crippen LogP contribution in [0, 0.1) is 0 Å². The van der Waals surface area contributed by atoms with E-state index in [1.807, 2.05) is 0 Å². The smallest absolute Gasteiger partial charge is 0.216 e. The average molecular weight is 404 g/mol. The van der Waals surface area contributed by atoms with E-state index in [4.69, 9.17) is 0 Å². The topological polar surface area (TPSA) is 141 Å². The van der Waals surface area contributed by atoms with Crippen LogP contribution in [-0.2, 0) is 0 Å². The largest absolute Gasteiger partial charge is 0.507 e. The fraction of sp³-hybridized carbons (Fsp3) is 0.100. The normalized spacial score (nSPS) is 11.0. The minimum absolute atomic E-state index is 0.133. The van der Waals surface area contributed by atoms with Crippen molar-refractivity contribution in [2.45, 2.75) is 13.8 Å². The van der Waals surface area contributed by atoms with E-state index in [0.29, 0.717) is 22.5 Å². The summed E-state index contributed by atoms with van der Waals surface area (Å²) in [6.45, 7) is 3.46. The monoisotopic (exact) mass is 404 g/mol. The van der Waals surface area contributed by atoms with Gasteiger partial charge in [-0.05, 0) is 38.1 Å². The van der Waals surface area contributed by atoms with E-state index >= 15 is 0 Å². The van der Waals surface area contributed by atoms with Gasteiger partial charge in [-0.1, -0.05) is 24.3 Å². The van der Waals surface area contributed by atoms with Crippen LogP contribution >= 0.6 is 0 Å². The Hall–Kier alpha value is -4.34. The second kappa shape index (κ2) is 9.73. The highest BCUT2D eigenvalue weighted by Crippen LogP contribution is 2.13. The van der Waals surface area contributed by atoms with E-state index in [0.717, 1.165) is 0 Å². The molecule has 1 heterocycles. The van der Waals surface area contributed by atoms with Gasteiger partial charge in [-0.3, -0.25) is 10.9 Å². The molecule has 0 saturated heterocycles. The van der Waals surface area contributed by atoms with Crippen LogP contribution in [-0.4, -0.2) is 43.0 Å². The third kappa shape index (κ3) is 5.35. The van der Waals surface area contributed by atoms with Crippen molar-refractivity contribution in [2.24, 2.45) is 10.2 Å². The van der Waals surface area contributed by atoms with Gasteiger partial charge in [0.05, 0.1) is 23.8 Å². The lowest BCUT2D eigenvalue weighted by Crippen LogP contribution is -2.32.